The van der Waals surface area contributed by atoms with Crippen molar-refractivity contribution in [2.24, 2.45) is 5.92 Å². The molecule has 3 unspecified atom stereocenters. The van der Waals surface area contributed by atoms with Crippen molar-refractivity contribution in [1.29, 1.82) is 0 Å². The van der Waals surface area contributed by atoms with Crippen molar-refractivity contribution in [1.82, 2.24) is 0 Å². The van der Waals surface area contributed by atoms with Crippen LogP contribution in [0.4, 0.5) is 0 Å². The highest BCUT2D eigenvalue weighted by Gasteiger charge is 2.23. The second kappa shape index (κ2) is 10.8. The molecular formula is C14H26O5. The molecule has 2 aliphatic heterocycles. The van der Waals surface area contributed by atoms with Crippen LogP contribution in [-0.2, 0) is 23.8 Å². The molecule has 5 heteroatoms. The molecule has 0 amide bonds. The van der Waals surface area contributed by atoms with Gasteiger partial charge in [-0.2, -0.15) is 0 Å². The van der Waals surface area contributed by atoms with Crippen LogP contribution in [0, 0.1) is 5.92 Å². The van der Waals surface area contributed by atoms with Crippen molar-refractivity contribution >= 4 is 12.4 Å². The molecule has 0 aliphatic carbocycles. The Morgan fingerprint density at radius 2 is 1.79 bits per heavy atom. The maximum absolute atomic E-state index is 10.8. The van der Waals surface area contributed by atoms with Crippen LogP contribution in [0.5, 0.6) is 0 Å². The summed E-state index contributed by atoms with van der Waals surface area (Å²) in [6.07, 6.45) is 3.98. The normalized spacial score (nSPS) is 28.4. The maximum Gasteiger partial charge on any atom is 0.308 e. The van der Waals surface area contributed by atoms with Crippen LogP contribution in [-0.4, -0.2) is 37.9 Å². The van der Waals surface area contributed by atoms with Crippen LogP contribution in [0.25, 0.3) is 0 Å². The van der Waals surface area contributed by atoms with Crippen molar-refractivity contribution in [2.45, 2.75) is 59.2 Å². The molecule has 2 heterocycles. The second-order valence-corrected chi connectivity index (χ2v) is 4.75. The molecular weight excluding hydrogens is 248 g/mol. The molecule has 0 aromatic carbocycles. The Morgan fingerprint density at radius 3 is 2.00 bits per heavy atom. The van der Waals surface area contributed by atoms with Crippen LogP contribution < -0.4 is 0 Å². The van der Waals surface area contributed by atoms with Gasteiger partial charge in [-0.1, -0.05) is 6.92 Å². The van der Waals surface area contributed by atoms with E-state index < -0.39 is 0 Å². The van der Waals surface area contributed by atoms with Crippen molar-refractivity contribution in [3.63, 3.8) is 0 Å². The van der Waals surface area contributed by atoms with Crippen LogP contribution >= 0.6 is 0 Å². The van der Waals surface area contributed by atoms with E-state index in [0.29, 0.717) is 19.2 Å². The van der Waals surface area contributed by atoms with Gasteiger partial charge in [0, 0.05) is 6.61 Å². The quantitative estimate of drug-likeness (QED) is 0.571. The smallest absolute Gasteiger partial charge is 0.308 e. The van der Waals surface area contributed by atoms with Crippen LogP contribution in [0.3, 0.4) is 0 Å². The van der Waals surface area contributed by atoms with Gasteiger partial charge in [0.1, 0.15) is 0 Å². The molecule has 2 fully saturated rings. The maximum atomic E-state index is 10.8. The molecule has 2 aliphatic rings. The summed E-state index contributed by atoms with van der Waals surface area (Å²) < 4.78 is 14.0. The first kappa shape index (κ1) is 17.9. The van der Waals surface area contributed by atoms with Crippen molar-refractivity contribution < 1.29 is 23.8 Å². The molecule has 0 aromatic rings. The first-order valence-corrected chi connectivity index (χ1v) is 6.88. The summed E-state index contributed by atoms with van der Waals surface area (Å²) in [4.78, 5) is 20.0. The third-order valence-corrected chi connectivity index (χ3v) is 2.89. The van der Waals surface area contributed by atoms with E-state index in [-0.39, 0.29) is 18.0 Å². The summed E-state index contributed by atoms with van der Waals surface area (Å²) in [6, 6.07) is 0. The number of ether oxygens (including phenoxy) is 3. The highest BCUT2D eigenvalue weighted by molar-refractivity contribution is 5.72. The Kier molecular flexibility index (Phi) is 10.2. The van der Waals surface area contributed by atoms with Gasteiger partial charge in [-0.25, -0.2) is 0 Å². The van der Waals surface area contributed by atoms with Crippen molar-refractivity contribution in [3.05, 3.63) is 0 Å². The lowest BCUT2D eigenvalue weighted by molar-refractivity contribution is -0.158. The average molecular weight is 274 g/mol. The third-order valence-electron chi connectivity index (χ3n) is 2.89. The Morgan fingerprint density at radius 1 is 1.21 bits per heavy atom. The molecule has 112 valence electrons. The van der Waals surface area contributed by atoms with Gasteiger partial charge in [-0.3, -0.25) is 9.59 Å². The van der Waals surface area contributed by atoms with Gasteiger partial charge in [0.15, 0.2) is 0 Å². The first-order chi connectivity index (χ1) is 9.01. The van der Waals surface area contributed by atoms with Gasteiger partial charge in [-0.15, -0.1) is 0 Å². The highest BCUT2D eigenvalue weighted by Crippen LogP contribution is 2.18. The van der Waals surface area contributed by atoms with E-state index >= 15 is 0 Å². The van der Waals surface area contributed by atoms with Crippen LogP contribution in [0.15, 0.2) is 0 Å². The van der Waals surface area contributed by atoms with E-state index in [0.717, 1.165) is 19.4 Å². The fourth-order valence-corrected chi connectivity index (χ4v) is 1.40. The van der Waals surface area contributed by atoms with Gasteiger partial charge in [0.05, 0.1) is 24.7 Å². The number of cyclic esters (lactones) is 1. The zero-order valence-corrected chi connectivity index (χ0v) is 12.4. The van der Waals surface area contributed by atoms with E-state index in [4.69, 9.17) is 9.47 Å². The minimum absolute atomic E-state index is 0.0336. The van der Waals surface area contributed by atoms with Crippen molar-refractivity contribution in [2.75, 3.05) is 13.2 Å². The number of carbonyl (C=O) groups is 2. The number of rotatable bonds is 2. The SMILES string of the molecule is CC1CCC(C)C(=O)O1.CC1CCO1.CCOC=O. The van der Waals surface area contributed by atoms with Crippen LogP contribution in [0.2, 0.25) is 0 Å². The van der Waals surface area contributed by atoms with Crippen LogP contribution in [0.1, 0.15) is 47.0 Å². The molecule has 2 rings (SSSR count). The number of esters is 1. The lowest BCUT2D eigenvalue weighted by Gasteiger charge is -2.22. The average Bonchev–Trinajstić information content (AvgIpc) is 2.34. The summed E-state index contributed by atoms with van der Waals surface area (Å²) in [5, 5.41) is 0. The van der Waals surface area contributed by atoms with Gasteiger partial charge < -0.3 is 14.2 Å². The standard InChI is InChI=1S/C7H12O2.C4H8O.C3H6O2/c1-5-3-4-6(2)9-7(5)8;1-4-2-3-5-4;1-2-5-3-4/h5-6H,3-4H2,1-2H3;4H,2-3H2,1H3;3H,2H2,1H3. The Labute approximate surface area is 115 Å². The molecule has 3 atom stereocenters. The molecule has 5 nitrogen and oxygen atoms in total. The zero-order chi connectivity index (χ0) is 14.7. The molecule has 2 saturated heterocycles. The fraction of sp³-hybridized carbons (Fsp3) is 0.857. The predicted molar refractivity (Wildman–Crippen MR) is 71.7 cm³/mol. The molecule has 0 spiro atoms. The third kappa shape index (κ3) is 9.47. The minimum atomic E-state index is -0.0336. The molecule has 0 bridgehead atoms. The topological polar surface area (TPSA) is 61.8 Å². The molecule has 0 saturated carbocycles. The van der Waals surface area contributed by atoms with E-state index in [9.17, 15) is 9.59 Å². The summed E-state index contributed by atoms with van der Waals surface area (Å²) in [5.41, 5.74) is 0. The van der Waals surface area contributed by atoms with Gasteiger partial charge in [0.2, 0.25) is 0 Å². The Balaban J connectivity index is 0.000000278. The molecule has 0 aromatic heterocycles. The second-order valence-electron chi connectivity index (χ2n) is 4.75. The van der Waals surface area contributed by atoms with Gasteiger partial charge in [0.25, 0.3) is 6.47 Å². The van der Waals surface area contributed by atoms with E-state index in [2.05, 4.69) is 11.7 Å². The number of hydrogen-bond donors (Lipinski definition) is 0. The molecule has 0 N–H and O–H groups in total. The lowest BCUT2D eigenvalue weighted by atomic mass is 10.0. The summed E-state index contributed by atoms with van der Waals surface area (Å²) in [6.45, 7) is 9.58. The lowest BCUT2D eigenvalue weighted by Crippen LogP contribution is -2.27. The van der Waals surface area contributed by atoms with Gasteiger partial charge >= 0.3 is 5.97 Å². The Bertz CT molecular complexity index is 250. The van der Waals surface area contributed by atoms with Gasteiger partial charge in [-0.05, 0) is 40.0 Å². The number of carbonyl (C=O) groups excluding carboxylic acids is 2. The fourth-order valence-electron chi connectivity index (χ4n) is 1.40. The van der Waals surface area contributed by atoms with Crippen molar-refractivity contribution in [3.8, 4) is 0 Å². The summed E-state index contributed by atoms with van der Waals surface area (Å²) in [5.74, 6) is 0.0925. The van der Waals surface area contributed by atoms with E-state index in [1.807, 2.05) is 13.8 Å². The summed E-state index contributed by atoms with van der Waals surface area (Å²) >= 11 is 0. The first-order valence-electron chi connectivity index (χ1n) is 6.88. The predicted octanol–water partition coefficient (Wildman–Crippen LogP) is 2.32. The summed E-state index contributed by atoms with van der Waals surface area (Å²) in [7, 11) is 0. The Hall–Kier alpha value is -1.10. The highest BCUT2D eigenvalue weighted by atomic mass is 16.5. The molecule has 0 radical (unpaired) electrons. The van der Waals surface area contributed by atoms with E-state index in [1.54, 1.807) is 6.92 Å². The minimum Gasteiger partial charge on any atom is -0.468 e. The monoisotopic (exact) mass is 274 g/mol. The zero-order valence-electron chi connectivity index (χ0n) is 12.4. The number of hydrogen-bond acceptors (Lipinski definition) is 5. The largest absolute Gasteiger partial charge is 0.468 e. The van der Waals surface area contributed by atoms with E-state index in [1.165, 1.54) is 6.42 Å². The molecule has 19 heavy (non-hydrogen) atoms.